The van der Waals surface area contributed by atoms with Gasteiger partial charge in [0.05, 0.1) is 6.61 Å². The molecule has 1 aromatic carbocycles. The number of benzene rings is 1. The van der Waals surface area contributed by atoms with Crippen molar-refractivity contribution in [1.29, 1.82) is 0 Å². The van der Waals surface area contributed by atoms with Crippen molar-refractivity contribution in [1.82, 2.24) is 0 Å². The van der Waals surface area contributed by atoms with Crippen LogP contribution in [0.5, 0.6) is 5.75 Å². The molecule has 0 heterocycles. The predicted molar refractivity (Wildman–Crippen MR) is 107 cm³/mol. The molecule has 1 aromatic rings. The van der Waals surface area contributed by atoms with Crippen LogP contribution in [0.1, 0.15) is 102 Å². The van der Waals surface area contributed by atoms with Gasteiger partial charge in [0.1, 0.15) is 5.75 Å². The third-order valence-electron chi connectivity index (χ3n) is 4.76. The van der Waals surface area contributed by atoms with Gasteiger partial charge >= 0.3 is 0 Å². The van der Waals surface area contributed by atoms with Gasteiger partial charge < -0.3 is 4.74 Å². The molecule has 0 spiro atoms. The van der Waals surface area contributed by atoms with Gasteiger partial charge in [-0.3, -0.25) is 0 Å². The van der Waals surface area contributed by atoms with Crippen molar-refractivity contribution in [2.45, 2.75) is 104 Å². The zero-order valence-electron chi connectivity index (χ0n) is 16.3. The lowest BCUT2D eigenvalue weighted by molar-refractivity contribution is 0.304. The largest absolute Gasteiger partial charge is 0.494 e. The monoisotopic (exact) mass is 332 g/mol. The predicted octanol–water partition coefficient (Wildman–Crippen LogP) is 7.86. The zero-order chi connectivity index (χ0) is 17.3. The van der Waals surface area contributed by atoms with E-state index in [-0.39, 0.29) is 0 Å². The maximum atomic E-state index is 5.79. The van der Waals surface area contributed by atoms with Crippen LogP contribution >= 0.6 is 0 Å². The normalized spacial score (nSPS) is 10.9. The number of ether oxygens (including phenoxy) is 1. The lowest BCUT2D eigenvalue weighted by Crippen LogP contribution is -1.97. The van der Waals surface area contributed by atoms with Gasteiger partial charge in [0.15, 0.2) is 0 Å². The van der Waals surface area contributed by atoms with E-state index >= 15 is 0 Å². The summed E-state index contributed by atoms with van der Waals surface area (Å²) in [6.45, 7) is 5.26. The molecular weight excluding hydrogens is 292 g/mol. The quantitative estimate of drug-likeness (QED) is 0.280. The van der Waals surface area contributed by atoms with Crippen molar-refractivity contribution < 1.29 is 4.74 Å². The van der Waals surface area contributed by atoms with Crippen LogP contribution in [0.2, 0.25) is 0 Å². The van der Waals surface area contributed by atoms with Gasteiger partial charge in [-0.15, -0.1) is 0 Å². The molecule has 1 nitrogen and oxygen atoms in total. The molecule has 0 bridgehead atoms. The molecule has 0 saturated carbocycles. The first kappa shape index (κ1) is 21.1. The minimum Gasteiger partial charge on any atom is -0.494 e. The lowest BCUT2D eigenvalue weighted by Gasteiger charge is -2.07. The van der Waals surface area contributed by atoms with E-state index in [4.69, 9.17) is 4.74 Å². The molecule has 0 unspecified atom stereocenters. The Morgan fingerprint density at radius 1 is 0.667 bits per heavy atom. The Bertz CT molecular complexity index is 385. The Balaban J connectivity index is 1.76. The van der Waals surface area contributed by atoms with Crippen molar-refractivity contribution >= 4 is 0 Å². The highest BCUT2D eigenvalue weighted by atomic mass is 16.5. The molecular formula is C23H40O. The highest BCUT2D eigenvalue weighted by Gasteiger charge is 1.96. The Kier molecular flexibility index (Phi) is 13.6. The average Bonchev–Trinajstić information content (AvgIpc) is 2.58. The van der Waals surface area contributed by atoms with Crippen LogP contribution in [0, 0.1) is 6.92 Å². The summed E-state index contributed by atoms with van der Waals surface area (Å²) in [5.41, 5.74) is 1.27. The summed E-state index contributed by atoms with van der Waals surface area (Å²) in [6.07, 6.45) is 19.6. The van der Waals surface area contributed by atoms with Gasteiger partial charge in [-0.1, -0.05) is 103 Å². The third-order valence-corrected chi connectivity index (χ3v) is 4.76. The molecule has 1 heteroatoms. The fourth-order valence-electron chi connectivity index (χ4n) is 3.19. The third kappa shape index (κ3) is 12.4. The van der Waals surface area contributed by atoms with Crippen molar-refractivity contribution in [3.8, 4) is 5.75 Å². The van der Waals surface area contributed by atoms with Crippen LogP contribution in [0.15, 0.2) is 24.3 Å². The zero-order valence-corrected chi connectivity index (χ0v) is 16.3. The average molecular weight is 333 g/mol. The van der Waals surface area contributed by atoms with Crippen LogP contribution < -0.4 is 4.74 Å². The fraction of sp³-hybridized carbons (Fsp3) is 0.739. The first-order valence-corrected chi connectivity index (χ1v) is 10.5. The topological polar surface area (TPSA) is 9.23 Å². The fourth-order valence-corrected chi connectivity index (χ4v) is 3.19. The van der Waals surface area contributed by atoms with E-state index < -0.39 is 0 Å². The molecule has 24 heavy (non-hydrogen) atoms. The number of unbranched alkanes of at least 4 members (excludes halogenated alkanes) is 13. The van der Waals surface area contributed by atoms with E-state index in [1.54, 1.807) is 0 Å². The van der Waals surface area contributed by atoms with Gasteiger partial charge in [0.25, 0.3) is 0 Å². The maximum absolute atomic E-state index is 5.79. The van der Waals surface area contributed by atoms with E-state index in [0.29, 0.717) is 0 Å². The van der Waals surface area contributed by atoms with Crippen molar-refractivity contribution in [3.63, 3.8) is 0 Å². The van der Waals surface area contributed by atoms with Crippen LogP contribution in [-0.4, -0.2) is 6.61 Å². The summed E-state index contributed by atoms with van der Waals surface area (Å²) >= 11 is 0. The van der Waals surface area contributed by atoms with Gasteiger partial charge in [0.2, 0.25) is 0 Å². The first-order chi connectivity index (χ1) is 11.8. The van der Waals surface area contributed by atoms with Crippen molar-refractivity contribution in [3.05, 3.63) is 29.8 Å². The molecule has 0 amide bonds. The van der Waals surface area contributed by atoms with E-state index in [9.17, 15) is 0 Å². The highest BCUT2D eigenvalue weighted by molar-refractivity contribution is 5.27. The minimum atomic E-state index is 0.863. The number of hydrogen-bond acceptors (Lipinski definition) is 1. The second-order valence-electron chi connectivity index (χ2n) is 7.26. The van der Waals surface area contributed by atoms with E-state index in [1.165, 1.54) is 95.5 Å². The van der Waals surface area contributed by atoms with Gasteiger partial charge in [-0.2, -0.15) is 0 Å². The Morgan fingerprint density at radius 2 is 1.17 bits per heavy atom. The summed E-state index contributed by atoms with van der Waals surface area (Å²) < 4.78 is 5.79. The van der Waals surface area contributed by atoms with E-state index in [0.717, 1.165) is 12.4 Å². The molecule has 0 aromatic heterocycles. The first-order valence-electron chi connectivity index (χ1n) is 10.5. The van der Waals surface area contributed by atoms with Gasteiger partial charge in [-0.05, 0) is 31.0 Å². The van der Waals surface area contributed by atoms with Crippen molar-refractivity contribution in [2.75, 3.05) is 6.61 Å². The standard InChI is InChI=1S/C23H40O/c1-3-4-5-6-7-8-9-10-11-12-13-14-15-16-20-24-23-19-17-18-22(2)21-23/h17-19,21H,3-16,20H2,1-2H3. The second kappa shape index (κ2) is 15.5. The highest BCUT2D eigenvalue weighted by Crippen LogP contribution is 2.15. The number of aryl methyl sites for hydroxylation is 1. The molecule has 0 saturated heterocycles. The molecule has 1 rings (SSSR count). The number of hydrogen-bond donors (Lipinski definition) is 0. The molecule has 0 fully saturated rings. The number of rotatable bonds is 16. The molecule has 0 aliphatic carbocycles. The van der Waals surface area contributed by atoms with E-state index in [1.807, 2.05) is 0 Å². The molecule has 0 aliphatic heterocycles. The van der Waals surface area contributed by atoms with Crippen LogP contribution in [-0.2, 0) is 0 Å². The molecule has 0 aliphatic rings. The molecule has 138 valence electrons. The summed E-state index contributed by atoms with van der Waals surface area (Å²) in [5.74, 6) is 1.02. The van der Waals surface area contributed by atoms with Crippen LogP contribution in [0.3, 0.4) is 0 Å². The lowest BCUT2D eigenvalue weighted by atomic mass is 10.0. The minimum absolute atomic E-state index is 0.863. The Morgan fingerprint density at radius 3 is 1.67 bits per heavy atom. The summed E-state index contributed by atoms with van der Waals surface area (Å²) in [6, 6.07) is 8.34. The van der Waals surface area contributed by atoms with E-state index in [2.05, 4.69) is 38.1 Å². The van der Waals surface area contributed by atoms with Crippen molar-refractivity contribution in [2.24, 2.45) is 0 Å². The van der Waals surface area contributed by atoms with Gasteiger partial charge in [-0.25, -0.2) is 0 Å². The molecule has 0 N–H and O–H groups in total. The smallest absolute Gasteiger partial charge is 0.119 e. The SMILES string of the molecule is CCCCCCCCCCCCCCCCOc1cccc(C)c1. The second-order valence-corrected chi connectivity index (χ2v) is 7.26. The summed E-state index contributed by atoms with van der Waals surface area (Å²) in [5, 5.41) is 0. The van der Waals surface area contributed by atoms with Crippen LogP contribution in [0.4, 0.5) is 0 Å². The Hall–Kier alpha value is -0.980. The van der Waals surface area contributed by atoms with Crippen LogP contribution in [0.25, 0.3) is 0 Å². The summed E-state index contributed by atoms with van der Waals surface area (Å²) in [7, 11) is 0. The maximum Gasteiger partial charge on any atom is 0.119 e. The molecule has 0 atom stereocenters. The van der Waals surface area contributed by atoms with Gasteiger partial charge in [0, 0.05) is 0 Å². The summed E-state index contributed by atoms with van der Waals surface area (Å²) in [4.78, 5) is 0. The molecule has 0 radical (unpaired) electrons. The Labute approximate surface area is 151 Å².